The number of carbonyl (C=O) groups excluding carboxylic acids is 1. The van der Waals surface area contributed by atoms with Gasteiger partial charge in [-0.25, -0.2) is 9.78 Å². The molecule has 7 heteroatoms. The maximum Gasteiger partial charge on any atom is 0.354 e. The normalized spacial score (nSPS) is 13.2. The van der Waals surface area contributed by atoms with Gasteiger partial charge >= 0.3 is 5.97 Å². The van der Waals surface area contributed by atoms with Crippen LogP contribution in [0, 0.1) is 0 Å². The standard InChI is InChI=1S/C13H13N3O3S/c17-12(10-11(13(18)19)16-6-15-10)14-5-8-4-7-2-1-3-9(7)20-8/h4,6H,1-3,5H2,(H,14,17)(H,15,16)(H,18,19). The molecule has 0 radical (unpaired) electrons. The van der Waals surface area contributed by atoms with Crippen molar-refractivity contribution in [2.45, 2.75) is 25.8 Å². The summed E-state index contributed by atoms with van der Waals surface area (Å²) in [6.45, 7) is 0.405. The molecule has 0 saturated carbocycles. The molecular weight excluding hydrogens is 278 g/mol. The van der Waals surface area contributed by atoms with Gasteiger partial charge in [0.25, 0.3) is 5.91 Å². The van der Waals surface area contributed by atoms with Crippen molar-refractivity contribution < 1.29 is 14.7 Å². The van der Waals surface area contributed by atoms with Crippen molar-refractivity contribution in [3.05, 3.63) is 39.1 Å². The minimum atomic E-state index is -1.19. The van der Waals surface area contributed by atoms with Crippen LogP contribution >= 0.6 is 11.3 Å². The third-order valence-electron chi connectivity index (χ3n) is 3.29. The molecule has 2 aromatic heterocycles. The lowest BCUT2D eigenvalue weighted by molar-refractivity contribution is 0.0685. The first-order chi connectivity index (χ1) is 9.65. The molecular formula is C13H13N3O3S. The Labute approximate surface area is 118 Å². The third-order valence-corrected chi connectivity index (χ3v) is 4.53. The Morgan fingerprint density at radius 2 is 2.30 bits per heavy atom. The highest BCUT2D eigenvalue weighted by molar-refractivity contribution is 7.12. The number of imidazole rings is 1. The van der Waals surface area contributed by atoms with Crippen LogP contribution in [0.15, 0.2) is 12.4 Å². The second-order valence-corrected chi connectivity index (χ2v) is 5.85. The maximum atomic E-state index is 11.9. The molecule has 0 bridgehead atoms. The molecule has 0 aliphatic heterocycles. The number of carboxylic acid groups (broad SMARTS) is 1. The minimum Gasteiger partial charge on any atom is -0.477 e. The summed E-state index contributed by atoms with van der Waals surface area (Å²) < 4.78 is 0. The van der Waals surface area contributed by atoms with Crippen LogP contribution in [0.3, 0.4) is 0 Å². The number of aromatic nitrogens is 2. The molecule has 0 unspecified atom stereocenters. The van der Waals surface area contributed by atoms with Gasteiger partial charge in [0.1, 0.15) is 0 Å². The highest BCUT2D eigenvalue weighted by atomic mass is 32.1. The lowest BCUT2D eigenvalue weighted by Gasteiger charge is -2.02. The molecule has 2 heterocycles. The van der Waals surface area contributed by atoms with E-state index in [4.69, 9.17) is 5.11 Å². The van der Waals surface area contributed by atoms with Crippen LogP contribution in [-0.2, 0) is 19.4 Å². The third kappa shape index (κ3) is 2.32. The van der Waals surface area contributed by atoms with Gasteiger partial charge in [-0.2, -0.15) is 0 Å². The molecule has 1 aliphatic carbocycles. The number of amides is 1. The SMILES string of the molecule is O=C(NCc1cc2c(s1)CCC2)c1nc[nH]c1C(=O)O. The summed E-state index contributed by atoms with van der Waals surface area (Å²) in [5.41, 5.74) is 1.11. The van der Waals surface area contributed by atoms with E-state index in [1.807, 2.05) is 0 Å². The number of thiophene rings is 1. The Kier molecular flexibility index (Phi) is 3.27. The zero-order chi connectivity index (χ0) is 14.1. The second kappa shape index (κ2) is 5.09. The molecule has 1 aliphatic rings. The van der Waals surface area contributed by atoms with Crippen molar-refractivity contribution in [3.8, 4) is 0 Å². The fourth-order valence-electron chi connectivity index (χ4n) is 2.36. The molecule has 20 heavy (non-hydrogen) atoms. The van der Waals surface area contributed by atoms with E-state index in [0.717, 1.165) is 17.7 Å². The summed E-state index contributed by atoms with van der Waals surface area (Å²) in [5.74, 6) is -1.67. The molecule has 0 fully saturated rings. The Hall–Kier alpha value is -2.15. The van der Waals surface area contributed by atoms with E-state index < -0.39 is 11.9 Å². The van der Waals surface area contributed by atoms with Crippen LogP contribution in [0.1, 0.15) is 42.7 Å². The second-order valence-electron chi connectivity index (χ2n) is 4.63. The predicted molar refractivity (Wildman–Crippen MR) is 73.1 cm³/mol. The highest BCUT2D eigenvalue weighted by Gasteiger charge is 2.20. The number of hydrogen-bond donors (Lipinski definition) is 3. The van der Waals surface area contributed by atoms with Crippen molar-refractivity contribution in [2.75, 3.05) is 0 Å². The van der Waals surface area contributed by atoms with Crippen molar-refractivity contribution in [1.29, 1.82) is 0 Å². The summed E-state index contributed by atoms with van der Waals surface area (Å²) >= 11 is 1.71. The molecule has 0 spiro atoms. The van der Waals surface area contributed by atoms with Gasteiger partial charge in [-0.1, -0.05) is 0 Å². The largest absolute Gasteiger partial charge is 0.477 e. The lowest BCUT2D eigenvalue weighted by Crippen LogP contribution is -2.24. The number of fused-ring (bicyclic) bond motifs is 1. The summed E-state index contributed by atoms with van der Waals surface area (Å²) in [6, 6.07) is 2.12. The minimum absolute atomic E-state index is 0.0819. The Balaban J connectivity index is 1.67. The molecule has 0 atom stereocenters. The first-order valence-corrected chi connectivity index (χ1v) is 7.12. The molecule has 1 amide bonds. The lowest BCUT2D eigenvalue weighted by atomic mass is 10.2. The van der Waals surface area contributed by atoms with Crippen molar-refractivity contribution in [2.24, 2.45) is 0 Å². The number of nitrogens with one attached hydrogen (secondary N) is 2. The summed E-state index contributed by atoms with van der Waals surface area (Å²) in [7, 11) is 0. The van der Waals surface area contributed by atoms with E-state index in [2.05, 4.69) is 21.4 Å². The molecule has 2 aromatic rings. The zero-order valence-corrected chi connectivity index (χ0v) is 11.4. The quantitative estimate of drug-likeness (QED) is 0.797. The number of H-pyrrole nitrogens is 1. The number of carboxylic acids is 1. The molecule has 3 N–H and O–H groups in total. The summed E-state index contributed by atoms with van der Waals surface area (Å²) in [6.07, 6.45) is 4.65. The van der Waals surface area contributed by atoms with Gasteiger partial charge in [-0.15, -0.1) is 11.3 Å². The number of hydrogen-bond acceptors (Lipinski definition) is 4. The first kappa shape index (κ1) is 12.9. The van der Waals surface area contributed by atoms with Gasteiger partial charge in [0.15, 0.2) is 11.4 Å². The van der Waals surface area contributed by atoms with Gasteiger partial charge in [0, 0.05) is 9.75 Å². The number of aromatic amines is 1. The molecule has 3 rings (SSSR count). The van der Waals surface area contributed by atoms with Crippen LogP contribution in [0.5, 0.6) is 0 Å². The molecule has 0 aromatic carbocycles. The zero-order valence-electron chi connectivity index (χ0n) is 10.6. The van der Waals surface area contributed by atoms with E-state index in [9.17, 15) is 9.59 Å². The summed E-state index contributed by atoms with van der Waals surface area (Å²) in [4.78, 5) is 31.5. The number of rotatable bonds is 4. The molecule has 104 valence electrons. The van der Waals surface area contributed by atoms with E-state index in [1.165, 1.54) is 23.2 Å². The van der Waals surface area contributed by atoms with Crippen LogP contribution in [-0.4, -0.2) is 27.0 Å². The first-order valence-electron chi connectivity index (χ1n) is 6.30. The number of aromatic carboxylic acids is 1. The van der Waals surface area contributed by atoms with Crippen molar-refractivity contribution in [3.63, 3.8) is 0 Å². The average molecular weight is 291 g/mol. The van der Waals surface area contributed by atoms with Crippen LogP contribution in [0.4, 0.5) is 0 Å². The predicted octanol–water partition coefficient (Wildman–Crippen LogP) is 1.59. The average Bonchev–Trinajstić information content (AvgIpc) is 3.10. The Morgan fingerprint density at radius 1 is 1.45 bits per heavy atom. The molecule has 6 nitrogen and oxygen atoms in total. The van der Waals surface area contributed by atoms with Crippen LogP contribution in [0.2, 0.25) is 0 Å². The van der Waals surface area contributed by atoms with E-state index in [-0.39, 0.29) is 11.4 Å². The Morgan fingerprint density at radius 3 is 3.05 bits per heavy atom. The number of carbonyl (C=O) groups is 2. The van der Waals surface area contributed by atoms with E-state index >= 15 is 0 Å². The van der Waals surface area contributed by atoms with Gasteiger partial charge in [0.05, 0.1) is 12.9 Å². The monoisotopic (exact) mass is 291 g/mol. The van der Waals surface area contributed by atoms with Crippen molar-refractivity contribution >= 4 is 23.2 Å². The van der Waals surface area contributed by atoms with Gasteiger partial charge < -0.3 is 15.4 Å². The van der Waals surface area contributed by atoms with Crippen LogP contribution < -0.4 is 5.32 Å². The van der Waals surface area contributed by atoms with E-state index in [0.29, 0.717) is 6.54 Å². The van der Waals surface area contributed by atoms with Gasteiger partial charge in [-0.3, -0.25) is 4.79 Å². The molecule has 0 saturated heterocycles. The van der Waals surface area contributed by atoms with Gasteiger partial charge in [-0.05, 0) is 30.9 Å². The van der Waals surface area contributed by atoms with Crippen molar-refractivity contribution in [1.82, 2.24) is 15.3 Å². The highest BCUT2D eigenvalue weighted by Crippen LogP contribution is 2.30. The number of nitrogens with zero attached hydrogens (tertiary/aromatic N) is 1. The fourth-order valence-corrected chi connectivity index (χ4v) is 3.56. The van der Waals surface area contributed by atoms with Crippen LogP contribution in [0.25, 0.3) is 0 Å². The number of aryl methyl sites for hydroxylation is 2. The van der Waals surface area contributed by atoms with E-state index in [1.54, 1.807) is 11.3 Å². The maximum absolute atomic E-state index is 11.9. The Bertz CT molecular complexity index is 653. The fraction of sp³-hybridized carbons (Fsp3) is 0.308. The topological polar surface area (TPSA) is 95.1 Å². The summed E-state index contributed by atoms with van der Waals surface area (Å²) in [5, 5.41) is 11.6. The smallest absolute Gasteiger partial charge is 0.354 e. The van der Waals surface area contributed by atoms with Gasteiger partial charge in [0.2, 0.25) is 0 Å².